The third-order valence-electron chi connectivity index (χ3n) is 5.48. The van der Waals surface area contributed by atoms with E-state index in [0.29, 0.717) is 0 Å². The molecule has 0 aliphatic rings. The summed E-state index contributed by atoms with van der Waals surface area (Å²) in [6, 6.07) is 13.6. The van der Waals surface area contributed by atoms with Crippen molar-refractivity contribution in [3.8, 4) is 24.3 Å². The minimum atomic E-state index is -2.03. The SMILES string of the molecule is N#CC(C#N)=c1c(F)c(F)c(=C(C#N)C#N)c(F)c1F.c1cc2sc3cc4c(cc3c2s1)sc1ccsc14. The van der Waals surface area contributed by atoms with Crippen molar-refractivity contribution >= 4 is 95.5 Å². The molecule has 12 heteroatoms. The Morgan fingerprint density at radius 3 is 1.21 bits per heavy atom. The monoisotopic (exact) mass is 578 g/mol. The Morgan fingerprint density at radius 2 is 0.895 bits per heavy atom. The maximum Gasteiger partial charge on any atom is 0.171 e. The Hall–Kier alpha value is -4.30. The highest BCUT2D eigenvalue weighted by atomic mass is 32.1. The molecule has 0 saturated carbocycles. The van der Waals surface area contributed by atoms with Crippen molar-refractivity contribution in [2.75, 3.05) is 0 Å². The summed E-state index contributed by atoms with van der Waals surface area (Å²) >= 11 is 7.55. The molecule has 6 aromatic rings. The lowest BCUT2D eigenvalue weighted by atomic mass is 10.1. The second-order valence-corrected chi connectivity index (χ2v) is 11.5. The van der Waals surface area contributed by atoms with E-state index in [1.165, 1.54) is 39.0 Å². The van der Waals surface area contributed by atoms with E-state index in [0.717, 1.165) is 24.3 Å². The van der Waals surface area contributed by atoms with Crippen molar-refractivity contribution in [1.29, 1.82) is 21.0 Å². The summed E-state index contributed by atoms with van der Waals surface area (Å²) in [5.74, 6) is -8.11. The normalized spacial score (nSPS) is 10.5. The summed E-state index contributed by atoms with van der Waals surface area (Å²) in [6.07, 6.45) is 0. The van der Waals surface area contributed by atoms with Crippen LogP contribution in [-0.2, 0) is 0 Å². The van der Waals surface area contributed by atoms with Crippen LogP contribution in [0.3, 0.4) is 0 Å². The first-order valence-electron chi connectivity index (χ1n) is 10.2. The Bertz CT molecular complexity index is 2020. The summed E-state index contributed by atoms with van der Waals surface area (Å²) in [6.45, 7) is 0. The van der Waals surface area contributed by atoms with Crippen LogP contribution in [-0.4, -0.2) is 0 Å². The van der Waals surface area contributed by atoms with Crippen LogP contribution < -0.4 is 10.4 Å². The number of thiophene rings is 4. The van der Waals surface area contributed by atoms with Crippen molar-refractivity contribution in [3.05, 3.63) is 68.7 Å². The van der Waals surface area contributed by atoms with Gasteiger partial charge in [0.15, 0.2) is 23.3 Å². The van der Waals surface area contributed by atoms with Gasteiger partial charge in [-0.1, -0.05) is 0 Å². The van der Waals surface area contributed by atoms with E-state index in [2.05, 4.69) is 35.0 Å². The molecule has 0 fully saturated rings. The van der Waals surface area contributed by atoms with Crippen LogP contribution >= 0.6 is 45.3 Å². The molecule has 4 aromatic heterocycles. The number of halogens is 4. The molecule has 0 aliphatic heterocycles. The quantitative estimate of drug-likeness (QED) is 0.141. The zero-order valence-corrected chi connectivity index (χ0v) is 21.7. The number of benzene rings is 2. The molecule has 4 heterocycles. The largest absolute Gasteiger partial charge is 0.203 e. The molecule has 4 nitrogen and oxygen atoms in total. The maximum absolute atomic E-state index is 13.6. The van der Waals surface area contributed by atoms with Gasteiger partial charge in [-0.2, -0.15) is 21.0 Å². The fraction of sp³-hybridized carbons (Fsp3) is 0. The first-order chi connectivity index (χ1) is 18.3. The van der Waals surface area contributed by atoms with Crippen LogP contribution in [0.5, 0.6) is 0 Å². The lowest BCUT2D eigenvalue weighted by molar-refractivity contribution is 0.434. The van der Waals surface area contributed by atoms with E-state index in [1.54, 1.807) is 0 Å². The Labute approximate surface area is 226 Å². The Balaban J connectivity index is 0.000000155. The smallest absolute Gasteiger partial charge is 0.171 e. The minimum Gasteiger partial charge on any atom is -0.203 e. The minimum absolute atomic E-state index is 1.09. The molecule has 0 N–H and O–H groups in total. The molecule has 0 radical (unpaired) electrons. The van der Waals surface area contributed by atoms with Gasteiger partial charge in [0.1, 0.15) is 35.4 Å². The average molecular weight is 579 g/mol. The van der Waals surface area contributed by atoms with E-state index in [-0.39, 0.29) is 0 Å². The van der Waals surface area contributed by atoms with E-state index in [9.17, 15) is 17.6 Å². The van der Waals surface area contributed by atoms with Crippen molar-refractivity contribution in [2.24, 2.45) is 0 Å². The predicted molar refractivity (Wildman–Crippen MR) is 143 cm³/mol. The molecule has 38 heavy (non-hydrogen) atoms. The summed E-state index contributed by atoms with van der Waals surface area (Å²) in [5, 5.41) is 38.2. The number of nitrogens with zero attached hydrogens (tertiary/aromatic N) is 4. The number of hydrogen-bond donors (Lipinski definition) is 0. The van der Waals surface area contributed by atoms with Gasteiger partial charge in [0.05, 0.1) is 19.8 Å². The van der Waals surface area contributed by atoms with Crippen LogP contribution in [0.1, 0.15) is 0 Å². The van der Waals surface area contributed by atoms with Gasteiger partial charge in [0.2, 0.25) is 0 Å². The highest BCUT2D eigenvalue weighted by Gasteiger charge is 2.22. The molecule has 182 valence electrons. The van der Waals surface area contributed by atoms with Crippen LogP contribution in [0.2, 0.25) is 0 Å². The molecule has 0 bridgehead atoms. The van der Waals surface area contributed by atoms with Crippen molar-refractivity contribution < 1.29 is 17.6 Å². The fourth-order valence-electron chi connectivity index (χ4n) is 3.81. The van der Waals surface area contributed by atoms with Crippen LogP contribution in [0, 0.1) is 68.6 Å². The summed E-state index contributed by atoms with van der Waals surface area (Å²) in [4.78, 5) is 0. The summed E-state index contributed by atoms with van der Waals surface area (Å²) < 4.78 is 63.1. The fourth-order valence-corrected chi connectivity index (χ4v) is 8.34. The first-order valence-corrected chi connectivity index (χ1v) is 13.6. The van der Waals surface area contributed by atoms with E-state index >= 15 is 0 Å². The molecular weight excluding hydrogens is 573 g/mol. The third-order valence-corrected chi connectivity index (χ3v) is 9.87. The van der Waals surface area contributed by atoms with Gasteiger partial charge >= 0.3 is 0 Å². The zero-order chi connectivity index (χ0) is 27.1. The molecule has 0 unspecified atom stereocenters. The third kappa shape index (κ3) is 3.88. The second-order valence-electron chi connectivity index (χ2n) is 7.48. The topological polar surface area (TPSA) is 95.2 Å². The number of nitriles is 4. The lowest BCUT2D eigenvalue weighted by Crippen LogP contribution is -2.31. The highest BCUT2D eigenvalue weighted by Crippen LogP contribution is 2.44. The van der Waals surface area contributed by atoms with Gasteiger partial charge in [-0.05, 0) is 35.0 Å². The lowest BCUT2D eigenvalue weighted by Gasteiger charge is -2.01. The molecule has 2 aromatic carbocycles. The Morgan fingerprint density at radius 1 is 0.553 bits per heavy atom. The number of hydrogen-bond acceptors (Lipinski definition) is 8. The van der Waals surface area contributed by atoms with Crippen molar-refractivity contribution in [1.82, 2.24) is 0 Å². The standard InChI is InChI=1S/C14H6S4.C12F4N4/c1-3-15-13-7-5-12-8(6-11(7)17-9(1)13)14-10(18-12)2-4-16-14;13-9-7(5(1-17)2-18)10(14)12(16)8(11(9)15)6(3-19)4-20/h1-6H;. The molecule has 0 amide bonds. The molecule has 0 atom stereocenters. The van der Waals surface area contributed by atoms with Crippen LogP contribution in [0.15, 0.2) is 35.0 Å². The van der Waals surface area contributed by atoms with Gasteiger partial charge < -0.3 is 0 Å². The van der Waals surface area contributed by atoms with E-state index < -0.39 is 44.9 Å². The second kappa shape index (κ2) is 9.87. The average Bonchev–Trinajstić information content (AvgIpc) is 3.69. The van der Waals surface area contributed by atoms with Crippen LogP contribution in [0.4, 0.5) is 17.6 Å². The maximum atomic E-state index is 13.6. The van der Waals surface area contributed by atoms with E-state index in [4.69, 9.17) is 21.0 Å². The van der Waals surface area contributed by atoms with Crippen molar-refractivity contribution in [2.45, 2.75) is 0 Å². The van der Waals surface area contributed by atoms with Gasteiger partial charge in [0.25, 0.3) is 0 Å². The highest BCUT2D eigenvalue weighted by molar-refractivity contribution is 7.33. The van der Waals surface area contributed by atoms with Gasteiger partial charge in [0, 0.05) is 29.6 Å². The van der Waals surface area contributed by atoms with Gasteiger partial charge in [-0.3, -0.25) is 0 Å². The first kappa shape index (κ1) is 25.4. The van der Waals surface area contributed by atoms with Gasteiger partial charge in [-0.25, -0.2) is 17.6 Å². The summed E-state index contributed by atoms with van der Waals surface area (Å²) in [7, 11) is 0. The summed E-state index contributed by atoms with van der Waals surface area (Å²) in [5.41, 5.74) is -2.36. The zero-order valence-electron chi connectivity index (χ0n) is 18.4. The Kier molecular flexibility index (Phi) is 6.59. The van der Waals surface area contributed by atoms with Crippen molar-refractivity contribution in [3.63, 3.8) is 0 Å². The molecular formula is C26H6F4N4S4. The predicted octanol–water partition coefficient (Wildman–Crippen LogP) is 7.18. The van der Waals surface area contributed by atoms with Gasteiger partial charge in [-0.15, -0.1) is 45.3 Å². The molecule has 6 rings (SSSR count). The number of rotatable bonds is 0. The molecule has 0 saturated heterocycles. The molecule has 0 aliphatic carbocycles. The van der Waals surface area contributed by atoms with Crippen LogP contribution in [0.25, 0.3) is 50.1 Å². The number of fused-ring (bicyclic) bond motifs is 6. The molecule has 0 spiro atoms. The van der Waals surface area contributed by atoms with E-state index in [1.807, 2.05) is 45.3 Å².